The van der Waals surface area contributed by atoms with E-state index in [0.29, 0.717) is 0 Å². The quantitative estimate of drug-likeness (QED) is 0.625. The van der Waals surface area contributed by atoms with Crippen molar-refractivity contribution in [1.82, 2.24) is 0 Å². The van der Waals surface area contributed by atoms with Gasteiger partial charge in [-0.05, 0) is 33.6 Å². The smallest absolute Gasteiger partial charge is 0.0843 e. The van der Waals surface area contributed by atoms with E-state index >= 15 is 0 Å². The molecule has 0 saturated heterocycles. The van der Waals surface area contributed by atoms with Crippen LogP contribution in [0.25, 0.3) is 11.1 Å². The van der Waals surface area contributed by atoms with Crippen LogP contribution in [0.4, 0.5) is 0 Å². The molecule has 0 spiro atoms. The zero-order chi connectivity index (χ0) is 11.3. The van der Waals surface area contributed by atoms with Crippen LogP contribution in [0, 0.1) is 0 Å². The maximum atomic E-state index is 6.12. The van der Waals surface area contributed by atoms with Crippen LogP contribution in [0.2, 0.25) is 18.1 Å². The van der Waals surface area contributed by atoms with Gasteiger partial charge >= 0.3 is 0 Å². The lowest BCUT2D eigenvalue weighted by Crippen LogP contribution is -2.49. The molecule has 0 atom stereocenters. The molecule has 1 heterocycles. The topological polar surface area (TPSA) is 0 Å². The summed E-state index contributed by atoms with van der Waals surface area (Å²) < 4.78 is 0. The van der Waals surface area contributed by atoms with Crippen molar-refractivity contribution < 1.29 is 0 Å². The van der Waals surface area contributed by atoms with Gasteiger partial charge in [-0.2, -0.15) is 0 Å². The molecule has 1 aliphatic rings. The van der Waals surface area contributed by atoms with Crippen LogP contribution < -0.4 is 10.4 Å². The Morgan fingerprint density at radius 2 is 1.56 bits per heavy atom. The number of hydrogen-bond donors (Lipinski definition) is 0. The SMILES string of the molecule is C[Si]1(C)c2ccccc2-c2ccc(Cl)cc21. The van der Waals surface area contributed by atoms with Crippen molar-refractivity contribution >= 4 is 30.0 Å². The average Bonchev–Trinajstić information content (AvgIpc) is 2.49. The molecule has 0 radical (unpaired) electrons. The summed E-state index contributed by atoms with van der Waals surface area (Å²) >= 11 is 6.12. The van der Waals surface area contributed by atoms with E-state index in [1.807, 2.05) is 6.07 Å². The third-order valence-corrected chi connectivity index (χ3v) is 7.32. The lowest BCUT2D eigenvalue weighted by atomic mass is 10.1. The van der Waals surface area contributed by atoms with E-state index in [2.05, 4.69) is 49.5 Å². The second-order valence-corrected chi connectivity index (χ2v) is 9.62. The summed E-state index contributed by atoms with van der Waals surface area (Å²) in [6.45, 7) is 4.79. The molecule has 0 N–H and O–H groups in total. The number of fused-ring (bicyclic) bond motifs is 3. The van der Waals surface area contributed by atoms with Crippen LogP contribution in [0.5, 0.6) is 0 Å². The van der Waals surface area contributed by atoms with Crippen molar-refractivity contribution in [2.45, 2.75) is 13.1 Å². The molecule has 1 aliphatic heterocycles. The van der Waals surface area contributed by atoms with Crippen LogP contribution in [-0.2, 0) is 0 Å². The van der Waals surface area contributed by atoms with Crippen LogP contribution in [-0.4, -0.2) is 8.07 Å². The Labute approximate surface area is 102 Å². The third kappa shape index (κ3) is 1.22. The molecule has 0 unspecified atom stereocenters. The largest absolute Gasteiger partial charge is 0.113 e. The fourth-order valence-corrected chi connectivity index (χ4v) is 6.04. The first kappa shape index (κ1) is 10.1. The van der Waals surface area contributed by atoms with E-state index < -0.39 is 8.07 Å². The van der Waals surface area contributed by atoms with Crippen molar-refractivity contribution in [3.05, 3.63) is 47.5 Å². The molecule has 0 amide bonds. The van der Waals surface area contributed by atoms with Gasteiger partial charge in [-0.3, -0.25) is 0 Å². The minimum Gasteiger partial charge on any atom is -0.0843 e. The van der Waals surface area contributed by atoms with E-state index in [1.165, 1.54) is 21.5 Å². The zero-order valence-corrected chi connectivity index (χ0v) is 11.2. The zero-order valence-electron chi connectivity index (χ0n) is 9.42. The summed E-state index contributed by atoms with van der Waals surface area (Å²) in [5.74, 6) is 0. The van der Waals surface area contributed by atoms with Gasteiger partial charge in [-0.1, -0.05) is 55.0 Å². The molecule has 0 nitrogen and oxygen atoms in total. The van der Waals surface area contributed by atoms with Gasteiger partial charge in [-0.15, -0.1) is 0 Å². The molecule has 0 aromatic heterocycles. The van der Waals surface area contributed by atoms with Crippen molar-refractivity contribution in [2.75, 3.05) is 0 Å². The fourth-order valence-electron chi connectivity index (χ4n) is 2.68. The first-order valence-electron chi connectivity index (χ1n) is 5.50. The predicted molar refractivity (Wildman–Crippen MR) is 73.6 cm³/mol. The van der Waals surface area contributed by atoms with Crippen LogP contribution >= 0.6 is 11.6 Å². The molecule has 80 valence electrons. The maximum absolute atomic E-state index is 6.12. The van der Waals surface area contributed by atoms with Crippen LogP contribution in [0.3, 0.4) is 0 Å². The maximum Gasteiger partial charge on any atom is 0.113 e. The van der Waals surface area contributed by atoms with Crippen molar-refractivity contribution in [3.8, 4) is 11.1 Å². The highest BCUT2D eigenvalue weighted by Crippen LogP contribution is 2.29. The van der Waals surface area contributed by atoms with Crippen molar-refractivity contribution in [2.24, 2.45) is 0 Å². The van der Waals surface area contributed by atoms with Crippen LogP contribution in [0.15, 0.2) is 42.5 Å². The average molecular weight is 245 g/mol. The highest BCUT2D eigenvalue weighted by molar-refractivity contribution is 7.03. The van der Waals surface area contributed by atoms with Gasteiger partial charge in [0.05, 0.1) is 0 Å². The molecule has 16 heavy (non-hydrogen) atoms. The normalized spacial score (nSPS) is 15.7. The molecular formula is C14H13ClSi. The molecule has 3 rings (SSSR count). The molecule has 2 heteroatoms. The number of rotatable bonds is 0. The number of halogens is 1. The predicted octanol–water partition coefficient (Wildman–Crippen LogP) is 3.14. The second kappa shape index (κ2) is 3.22. The molecule has 0 bridgehead atoms. The van der Waals surface area contributed by atoms with Crippen molar-refractivity contribution in [1.29, 1.82) is 0 Å². The second-order valence-electron chi connectivity index (χ2n) is 4.86. The van der Waals surface area contributed by atoms with Crippen molar-refractivity contribution in [3.63, 3.8) is 0 Å². The highest BCUT2D eigenvalue weighted by Gasteiger charge is 2.36. The van der Waals surface area contributed by atoms with Gasteiger partial charge in [0.2, 0.25) is 0 Å². The Balaban J connectivity index is 2.39. The summed E-state index contributed by atoms with van der Waals surface area (Å²) in [6.07, 6.45) is 0. The van der Waals surface area contributed by atoms with Gasteiger partial charge in [0.1, 0.15) is 8.07 Å². The standard InChI is InChI=1S/C14H13ClSi/c1-16(2)13-6-4-3-5-11(13)12-8-7-10(15)9-14(12)16/h3-9H,1-2H3. The Morgan fingerprint density at radius 1 is 0.875 bits per heavy atom. The molecule has 0 aliphatic carbocycles. The first-order chi connectivity index (χ1) is 7.60. The first-order valence-corrected chi connectivity index (χ1v) is 8.88. The molecule has 0 fully saturated rings. The Bertz CT molecular complexity index is 573. The minimum absolute atomic E-state index is 0.854. The molecular weight excluding hydrogens is 232 g/mol. The number of benzene rings is 2. The van der Waals surface area contributed by atoms with E-state index in [9.17, 15) is 0 Å². The van der Waals surface area contributed by atoms with E-state index in [0.717, 1.165) is 5.02 Å². The van der Waals surface area contributed by atoms with Gasteiger partial charge in [0.15, 0.2) is 0 Å². The van der Waals surface area contributed by atoms with Gasteiger partial charge in [-0.25, -0.2) is 0 Å². The lowest BCUT2D eigenvalue weighted by Gasteiger charge is -2.18. The van der Waals surface area contributed by atoms with E-state index in [4.69, 9.17) is 11.6 Å². The number of hydrogen-bond acceptors (Lipinski definition) is 0. The van der Waals surface area contributed by atoms with E-state index in [1.54, 1.807) is 0 Å². The molecule has 0 saturated carbocycles. The Hall–Kier alpha value is -1.05. The molecule has 2 aromatic carbocycles. The summed E-state index contributed by atoms with van der Waals surface area (Å²) in [4.78, 5) is 0. The van der Waals surface area contributed by atoms with Crippen LogP contribution in [0.1, 0.15) is 0 Å². The van der Waals surface area contributed by atoms with Gasteiger partial charge in [0, 0.05) is 5.02 Å². The summed E-state index contributed by atoms with van der Waals surface area (Å²) in [5, 5.41) is 3.86. The summed E-state index contributed by atoms with van der Waals surface area (Å²) in [5.41, 5.74) is 2.79. The fraction of sp³-hybridized carbons (Fsp3) is 0.143. The summed E-state index contributed by atoms with van der Waals surface area (Å²) in [7, 11) is -1.50. The van der Waals surface area contributed by atoms with Gasteiger partial charge in [0.25, 0.3) is 0 Å². The summed E-state index contributed by atoms with van der Waals surface area (Å²) in [6, 6.07) is 15.1. The van der Waals surface area contributed by atoms with E-state index in [-0.39, 0.29) is 0 Å². The monoisotopic (exact) mass is 244 g/mol. The third-order valence-electron chi connectivity index (χ3n) is 3.55. The minimum atomic E-state index is -1.50. The lowest BCUT2D eigenvalue weighted by molar-refractivity contribution is 1.71. The highest BCUT2D eigenvalue weighted by atomic mass is 35.5. The Kier molecular flexibility index (Phi) is 2.04. The van der Waals surface area contributed by atoms with Gasteiger partial charge < -0.3 is 0 Å². The Morgan fingerprint density at radius 3 is 2.38 bits per heavy atom. The molecule has 2 aromatic rings.